The van der Waals surface area contributed by atoms with Gasteiger partial charge in [0.05, 0.1) is 13.7 Å². The number of ether oxygens (including phenoxy) is 2. The molecule has 112 valence electrons. The lowest BCUT2D eigenvalue weighted by atomic mass is 10.2. The molecule has 5 heteroatoms. The smallest absolute Gasteiger partial charge is 0.163 e. The molecular weight excluding hydrogens is 276 g/mol. The molecule has 2 aromatic carbocycles. The average Bonchev–Trinajstić information content (AvgIpc) is 2.45. The maximum Gasteiger partial charge on any atom is 0.163 e. The lowest BCUT2D eigenvalue weighted by molar-refractivity contribution is 0.311. The molecule has 0 aliphatic rings. The van der Waals surface area contributed by atoms with Crippen molar-refractivity contribution < 1.29 is 18.3 Å². The molecule has 0 aliphatic carbocycles. The Morgan fingerprint density at radius 3 is 2.33 bits per heavy atom. The van der Waals surface area contributed by atoms with Crippen molar-refractivity contribution in [2.45, 2.75) is 13.5 Å². The zero-order chi connectivity index (χ0) is 15.2. The first-order valence-electron chi connectivity index (χ1n) is 6.62. The second-order valence-corrected chi connectivity index (χ2v) is 4.43. The van der Waals surface area contributed by atoms with Gasteiger partial charge in [-0.25, -0.2) is 8.78 Å². The van der Waals surface area contributed by atoms with Crippen LogP contribution in [0.1, 0.15) is 12.5 Å². The Morgan fingerprint density at radius 1 is 1.00 bits per heavy atom. The maximum atomic E-state index is 13.1. The van der Waals surface area contributed by atoms with Gasteiger partial charge in [-0.1, -0.05) is 0 Å². The number of methoxy groups -OCH3 is 1. The zero-order valence-corrected chi connectivity index (χ0v) is 12.0. The van der Waals surface area contributed by atoms with Gasteiger partial charge in [-0.05, 0) is 36.8 Å². The van der Waals surface area contributed by atoms with E-state index in [2.05, 4.69) is 5.32 Å². The summed E-state index contributed by atoms with van der Waals surface area (Å²) in [6.07, 6.45) is 0. The number of hydrogen-bond acceptors (Lipinski definition) is 3. The van der Waals surface area contributed by atoms with Crippen LogP contribution in [0.2, 0.25) is 0 Å². The monoisotopic (exact) mass is 293 g/mol. The van der Waals surface area contributed by atoms with Crippen LogP contribution >= 0.6 is 0 Å². The molecule has 0 saturated heterocycles. The molecule has 0 spiro atoms. The molecule has 0 aliphatic heterocycles. The quantitative estimate of drug-likeness (QED) is 0.873. The third-order valence-electron chi connectivity index (χ3n) is 2.88. The first-order valence-corrected chi connectivity index (χ1v) is 6.62. The predicted octanol–water partition coefficient (Wildman–Crippen LogP) is 3.98. The van der Waals surface area contributed by atoms with Crippen molar-refractivity contribution in [3.05, 3.63) is 53.6 Å². The Hall–Kier alpha value is -2.30. The van der Waals surface area contributed by atoms with E-state index < -0.39 is 11.6 Å². The molecule has 3 nitrogen and oxygen atoms in total. The van der Waals surface area contributed by atoms with E-state index in [0.29, 0.717) is 30.2 Å². The summed E-state index contributed by atoms with van der Waals surface area (Å²) in [5.74, 6) is 0.0858. The second kappa shape index (κ2) is 6.92. The first-order chi connectivity index (χ1) is 10.1. The highest BCUT2D eigenvalue weighted by Gasteiger charge is 2.06. The Balaban J connectivity index is 2.10. The molecule has 0 heterocycles. The first kappa shape index (κ1) is 15.1. The summed E-state index contributed by atoms with van der Waals surface area (Å²) >= 11 is 0. The van der Waals surface area contributed by atoms with E-state index >= 15 is 0 Å². The van der Waals surface area contributed by atoms with Crippen molar-refractivity contribution in [1.82, 2.24) is 0 Å². The van der Waals surface area contributed by atoms with Crippen LogP contribution in [0.5, 0.6) is 11.5 Å². The van der Waals surface area contributed by atoms with E-state index in [1.165, 1.54) is 12.1 Å². The van der Waals surface area contributed by atoms with Crippen LogP contribution in [0, 0.1) is 11.6 Å². The van der Waals surface area contributed by atoms with Gasteiger partial charge in [-0.3, -0.25) is 0 Å². The Morgan fingerprint density at radius 2 is 1.71 bits per heavy atom. The fourth-order valence-corrected chi connectivity index (χ4v) is 1.97. The van der Waals surface area contributed by atoms with Crippen LogP contribution < -0.4 is 14.8 Å². The number of nitrogens with one attached hydrogen (secondary N) is 1. The Bertz CT molecular complexity index is 597. The van der Waals surface area contributed by atoms with Gasteiger partial charge in [-0.15, -0.1) is 0 Å². The molecule has 0 aromatic heterocycles. The minimum Gasteiger partial charge on any atom is -0.493 e. The summed E-state index contributed by atoms with van der Waals surface area (Å²) in [5.41, 5.74) is 1.31. The van der Waals surface area contributed by atoms with Crippen LogP contribution in [-0.2, 0) is 6.54 Å². The van der Waals surface area contributed by atoms with E-state index in [9.17, 15) is 8.78 Å². The van der Waals surface area contributed by atoms with Gasteiger partial charge in [0, 0.05) is 24.4 Å². The molecule has 0 fully saturated rings. The van der Waals surface area contributed by atoms with Crippen molar-refractivity contribution >= 4 is 5.69 Å². The van der Waals surface area contributed by atoms with Crippen molar-refractivity contribution in [2.24, 2.45) is 0 Å². The molecule has 21 heavy (non-hydrogen) atoms. The van der Waals surface area contributed by atoms with Crippen LogP contribution in [0.4, 0.5) is 14.5 Å². The van der Waals surface area contributed by atoms with E-state index in [1.807, 2.05) is 13.0 Å². The third kappa shape index (κ3) is 4.08. The van der Waals surface area contributed by atoms with Crippen molar-refractivity contribution in [3.8, 4) is 11.5 Å². The van der Waals surface area contributed by atoms with Crippen molar-refractivity contribution in [3.63, 3.8) is 0 Å². The van der Waals surface area contributed by atoms with Gasteiger partial charge in [0.15, 0.2) is 11.5 Å². The van der Waals surface area contributed by atoms with Gasteiger partial charge in [0.1, 0.15) is 11.6 Å². The second-order valence-electron chi connectivity index (χ2n) is 4.43. The van der Waals surface area contributed by atoms with Gasteiger partial charge >= 0.3 is 0 Å². The fraction of sp³-hybridized carbons (Fsp3) is 0.250. The summed E-state index contributed by atoms with van der Waals surface area (Å²) in [5, 5.41) is 3.10. The summed E-state index contributed by atoms with van der Waals surface area (Å²) in [4.78, 5) is 0. The largest absolute Gasteiger partial charge is 0.493 e. The highest BCUT2D eigenvalue weighted by molar-refractivity contribution is 5.55. The zero-order valence-electron chi connectivity index (χ0n) is 12.0. The number of hydrogen-bond donors (Lipinski definition) is 1. The molecule has 0 amide bonds. The molecule has 1 N–H and O–H groups in total. The average molecular weight is 293 g/mol. The standard InChI is InChI=1S/C16H17F2NO2/c1-3-21-16-9-14(4-5-15(16)20-2)19-10-11-6-12(17)8-13(18)7-11/h4-9,19H,3,10H2,1-2H3. The normalized spacial score (nSPS) is 10.3. The van der Waals surface area contributed by atoms with Crippen LogP contribution in [0.25, 0.3) is 0 Å². The molecule has 0 radical (unpaired) electrons. The topological polar surface area (TPSA) is 30.5 Å². The SMILES string of the molecule is CCOc1cc(NCc2cc(F)cc(F)c2)ccc1OC. The van der Waals surface area contributed by atoms with E-state index in [-0.39, 0.29) is 0 Å². The highest BCUT2D eigenvalue weighted by atomic mass is 19.1. The van der Waals surface area contributed by atoms with Gasteiger partial charge < -0.3 is 14.8 Å². The predicted molar refractivity (Wildman–Crippen MR) is 77.8 cm³/mol. The molecule has 0 atom stereocenters. The Kier molecular flexibility index (Phi) is 4.98. The van der Waals surface area contributed by atoms with E-state index in [0.717, 1.165) is 11.8 Å². The maximum absolute atomic E-state index is 13.1. The summed E-state index contributed by atoms with van der Waals surface area (Å²) < 4.78 is 36.9. The minimum atomic E-state index is -0.587. The minimum absolute atomic E-state index is 0.312. The van der Waals surface area contributed by atoms with E-state index in [4.69, 9.17) is 9.47 Å². The number of rotatable bonds is 6. The molecule has 0 unspecified atom stereocenters. The Labute approximate surface area is 122 Å². The highest BCUT2D eigenvalue weighted by Crippen LogP contribution is 2.30. The van der Waals surface area contributed by atoms with Gasteiger partial charge in [0.25, 0.3) is 0 Å². The fourth-order valence-electron chi connectivity index (χ4n) is 1.97. The summed E-state index contributed by atoms with van der Waals surface area (Å²) in [6, 6.07) is 8.82. The van der Waals surface area contributed by atoms with Gasteiger partial charge in [-0.2, -0.15) is 0 Å². The molecule has 2 aromatic rings. The van der Waals surface area contributed by atoms with Crippen molar-refractivity contribution in [2.75, 3.05) is 19.0 Å². The van der Waals surface area contributed by atoms with Crippen LogP contribution in [0.15, 0.2) is 36.4 Å². The molecule has 0 bridgehead atoms. The van der Waals surface area contributed by atoms with Crippen LogP contribution in [-0.4, -0.2) is 13.7 Å². The lowest BCUT2D eigenvalue weighted by Crippen LogP contribution is -2.02. The number of halogens is 2. The molecule has 0 saturated carbocycles. The summed E-state index contributed by atoms with van der Waals surface area (Å²) in [7, 11) is 1.57. The number of benzene rings is 2. The van der Waals surface area contributed by atoms with E-state index in [1.54, 1.807) is 19.2 Å². The van der Waals surface area contributed by atoms with Crippen LogP contribution in [0.3, 0.4) is 0 Å². The third-order valence-corrected chi connectivity index (χ3v) is 2.88. The number of anilines is 1. The summed E-state index contributed by atoms with van der Waals surface area (Å²) in [6.45, 7) is 2.72. The lowest BCUT2D eigenvalue weighted by Gasteiger charge is -2.12. The molecule has 2 rings (SSSR count). The molecular formula is C16H17F2NO2. The van der Waals surface area contributed by atoms with Gasteiger partial charge in [0.2, 0.25) is 0 Å². The van der Waals surface area contributed by atoms with Crippen molar-refractivity contribution in [1.29, 1.82) is 0 Å².